The smallest absolute Gasteiger partial charge is 0.339 e. The van der Waals surface area contributed by atoms with Gasteiger partial charge in [0.05, 0.1) is 17.8 Å². The van der Waals surface area contributed by atoms with E-state index in [-0.39, 0.29) is 16.2 Å². The van der Waals surface area contributed by atoms with Crippen molar-refractivity contribution in [1.82, 2.24) is 0 Å². The molecule has 0 aliphatic rings. The molecule has 1 rings (SSSR count). The molecule has 0 aliphatic carbocycles. The monoisotopic (exact) mass is 301 g/mol. The van der Waals surface area contributed by atoms with Gasteiger partial charge in [0.25, 0.3) is 0 Å². The number of carbonyl (C=O) groups excluding carboxylic acids is 1. The van der Waals surface area contributed by atoms with Crippen LogP contribution in [0.4, 0.5) is 0 Å². The Morgan fingerprint density at radius 3 is 2.45 bits per heavy atom. The highest BCUT2D eigenvalue weighted by Gasteiger charge is 2.24. The lowest BCUT2D eigenvalue weighted by molar-refractivity contribution is -0.120. The predicted molar refractivity (Wildman–Crippen MR) is 70.4 cm³/mol. The van der Waals surface area contributed by atoms with Gasteiger partial charge < -0.3 is 15.6 Å². The van der Waals surface area contributed by atoms with Gasteiger partial charge in [0.2, 0.25) is 5.91 Å². The number of benzene rings is 1. The first-order valence-electron chi connectivity index (χ1n) is 5.62. The number of rotatable bonds is 6. The zero-order valence-electron chi connectivity index (χ0n) is 11.0. The van der Waals surface area contributed by atoms with Crippen molar-refractivity contribution in [3.8, 4) is 5.75 Å². The highest BCUT2D eigenvalue weighted by molar-refractivity contribution is 7.91. The normalized spacial score (nSPS) is 12.7. The molecule has 1 atom stereocenters. The summed E-state index contributed by atoms with van der Waals surface area (Å²) in [5, 5.41) is 9.01. The predicted octanol–water partition coefficient (Wildman–Crippen LogP) is 0.289. The van der Waals surface area contributed by atoms with Crippen molar-refractivity contribution >= 4 is 21.7 Å². The molecule has 0 aliphatic heterocycles. The highest BCUT2D eigenvalue weighted by Crippen LogP contribution is 2.24. The van der Waals surface area contributed by atoms with E-state index < -0.39 is 33.4 Å². The molecule has 20 heavy (non-hydrogen) atoms. The van der Waals surface area contributed by atoms with Crippen LogP contribution in [0.3, 0.4) is 0 Å². The molecule has 8 heteroatoms. The second-order valence-corrected chi connectivity index (χ2v) is 6.29. The molecule has 1 unspecified atom stereocenters. The van der Waals surface area contributed by atoms with Crippen LogP contribution < -0.4 is 10.5 Å². The lowest BCUT2D eigenvalue weighted by Crippen LogP contribution is -2.27. The SMILES string of the molecule is COc1ccc(S(=O)(=O)CC(C)C(N)=O)cc1C(=O)O. The van der Waals surface area contributed by atoms with E-state index in [0.29, 0.717) is 0 Å². The Labute approximate surface area is 116 Å². The topological polar surface area (TPSA) is 124 Å². The van der Waals surface area contributed by atoms with Gasteiger partial charge in [-0.05, 0) is 18.2 Å². The quantitative estimate of drug-likeness (QED) is 0.778. The first-order valence-corrected chi connectivity index (χ1v) is 7.27. The Hall–Kier alpha value is -2.09. The maximum atomic E-state index is 12.1. The van der Waals surface area contributed by atoms with Crippen molar-refractivity contribution in [3.63, 3.8) is 0 Å². The summed E-state index contributed by atoms with van der Waals surface area (Å²) in [6.45, 7) is 1.39. The molecular weight excluding hydrogens is 286 g/mol. The summed E-state index contributed by atoms with van der Waals surface area (Å²) in [7, 11) is -2.52. The largest absolute Gasteiger partial charge is 0.496 e. The van der Waals surface area contributed by atoms with Gasteiger partial charge in [0, 0.05) is 5.92 Å². The molecular formula is C12H15NO6S. The van der Waals surface area contributed by atoms with E-state index in [4.69, 9.17) is 15.6 Å². The first kappa shape index (κ1) is 16.0. The van der Waals surface area contributed by atoms with Gasteiger partial charge in [-0.1, -0.05) is 6.92 Å². The summed E-state index contributed by atoms with van der Waals surface area (Å²) in [5.74, 6) is -3.33. The fourth-order valence-electron chi connectivity index (χ4n) is 1.56. The van der Waals surface area contributed by atoms with Crippen molar-refractivity contribution in [2.24, 2.45) is 11.7 Å². The van der Waals surface area contributed by atoms with Crippen LogP contribution >= 0.6 is 0 Å². The summed E-state index contributed by atoms with van der Waals surface area (Å²) < 4.78 is 29.0. The van der Waals surface area contributed by atoms with E-state index in [0.717, 1.165) is 6.07 Å². The Balaban J connectivity index is 3.23. The lowest BCUT2D eigenvalue weighted by Gasteiger charge is -2.11. The zero-order valence-corrected chi connectivity index (χ0v) is 11.8. The average Bonchev–Trinajstić information content (AvgIpc) is 2.37. The number of primary amides is 1. The zero-order chi connectivity index (χ0) is 15.5. The molecule has 0 radical (unpaired) electrons. The Morgan fingerprint density at radius 2 is 2.00 bits per heavy atom. The van der Waals surface area contributed by atoms with Gasteiger partial charge in [-0.3, -0.25) is 4.79 Å². The number of amides is 1. The molecule has 0 heterocycles. The molecule has 0 fully saturated rings. The standard InChI is InChI=1S/C12H15NO6S/c1-7(11(13)14)6-20(17,18)8-3-4-10(19-2)9(5-8)12(15)16/h3-5,7H,6H2,1-2H3,(H2,13,14)(H,15,16). The minimum atomic E-state index is -3.81. The van der Waals surface area contributed by atoms with Gasteiger partial charge in [0.1, 0.15) is 11.3 Å². The second kappa shape index (κ2) is 5.91. The number of hydrogen-bond donors (Lipinski definition) is 2. The van der Waals surface area contributed by atoms with Crippen molar-refractivity contribution < 1.29 is 27.9 Å². The fourth-order valence-corrected chi connectivity index (χ4v) is 3.14. The molecule has 1 aromatic rings. The minimum absolute atomic E-state index is 0.0550. The number of ether oxygens (including phenoxy) is 1. The number of methoxy groups -OCH3 is 1. The number of carboxylic acids is 1. The van der Waals surface area contributed by atoms with Gasteiger partial charge in [-0.15, -0.1) is 0 Å². The first-order chi connectivity index (χ1) is 9.19. The molecule has 3 N–H and O–H groups in total. The van der Waals surface area contributed by atoms with E-state index in [2.05, 4.69) is 0 Å². The van der Waals surface area contributed by atoms with Crippen LogP contribution in [-0.2, 0) is 14.6 Å². The summed E-state index contributed by atoms with van der Waals surface area (Å²) in [5.41, 5.74) is 4.76. The number of nitrogens with two attached hydrogens (primary N) is 1. The van der Waals surface area contributed by atoms with Crippen molar-refractivity contribution in [2.75, 3.05) is 12.9 Å². The van der Waals surface area contributed by atoms with E-state index in [1.165, 1.54) is 26.2 Å². The number of sulfone groups is 1. The fraction of sp³-hybridized carbons (Fsp3) is 0.333. The van der Waals surface area contributed by atoms with Crippen LogP contribution in [0.15, 0.2) is 23.1 Å². The average molecular weight is 301 g/mol. The molecule has 110 valence electrons. The highest BCUT2D eigenvalue weighted by atomic mass is 32.2. The molecule has 0 saturated heterocycles. The third-order valence-electron chi connectivity index (χ3n) is 2.72. The van der Waals surface area contributed by atoms with Gasteiger partial charge >= 0.3 is 5.97 Å². The molecule has 1 aromatic carbocycles. The molecule has 0 spiro atoms. The van der Waals surface area contributed by atoms with Gasteiger partial charge in [-0.25, -0.2) is 13.2 Å². The summed E-state index contributed by atoms with van der Waals surface area (Å²) in [4.78, 5) is 21.8. The Kier molecular flexibility index (Phi) is 4.72. The van der Waals surface area contributed by atoms with Crippen LogP contribution in [0, 0.1) is 5.92 Å². The number of aromatic carboxylic acids is 1. The van der Waals surface area contributed by atoms with E-state index >= 15 is 0 Å². The molecule has 0 bridgehead atoms. The van der Waals surface area contributed by atoms with E-state index in [1.54, 1.807) is 0 Å². The molecule has 7 nitrogen and oxygen atoms in total. The van der Waals surface area contributed by atoms with Crippen molar-refractivity contribution in [1.29, 1.82) is 0 Å². The minimum Gasteiger partial charge on any atom is -0.496 e. The van der Waals surface area contributed by atoms with Crippen LogP contribution in [0.2, 0.25) is 0 Å². The number of carbonyl (C=O) groups is 2. The Bertz CT molecular complexity index is 637. The van der Waals surface area contributed by atoms with Crippen LogP contribution in [0.25, 0.3) is 0 Å². The summed E-state index contributed by atoms with van der Waals surface area (Å²) in [6.07, 6.45) is 0. The van der Waals surface area contributed by atoms with Gasteiger partial charge in [0.15, 0.2) is 9.84 Å². The maximum absolute atomic E-state index is 12.1. The lowest BCUT2D eigenvalue weighted by atomic mass is 10.2. The van der Waals surface area contributed by atoms with E-state index in [1.807, 2.05) is 0 Å². The third kappa shape index (κ3) is 3.47. The second-order valence-electron chi connectivity index (χ2n) is 4.25. The van der Waals surface area contributed by atoms with Gasteiger partial charge in [-0.2, -0.15) is 0 Å². The van der Waals surface area contributed by atoms with Crippen molar-refractivity contribution in [2.45, 2.75) is 11.8 Å². The van der Waals surface area contributed by atoms with Crippen molar-refractivity contribution in [3.05, 3.63) is 23.8 Å². The third-order valence-corrected chi connectivity index (χ3v) is 4.63. The Morgan fingerprint density at radius 1 is 1.40 bits per heavy atom. The molecule has 0 saturated carbocycles. The van der Waals surface area contributed by atoms with Crippen LogP contribution in [0.5, 0.6) is 5.75 Å². The van der Waals surface area contributed by atoms with Crippen LogP contribution in [-0.4, -0.2) is 38.3 Å². The summed E-state index contributed by atoms with van der Waals surface area (Å²) in [6, 6.07) is 3.49. The maximum Gasteiger partial charge on any atom is 0.339 e. The number of carboxylic acid groups (broad SMARTS) is 1. The molecule has 1 amide bonds. The molecule has 0 aromatic heterocycles. The van der Waals surface area contributed by atoms with E-state index in [9.17, 15) is 18.0 Å². The van der Waals surface area contributed by atoms with Crippen LogP contribution in [0.1, 0.15) is 17.3 Å². The number of hydrogen-bond acceptors (Lipinski definition) is 5. The summed E-state index contributed by atoms with van der Waals surface area (Å²) >= 11 is 0.